The molecule has 2 amide bonds. The summed E-state index contributed by atoms with van der Waals surface area (Å²) in [6.45, 7) is 2.00. The molecule has 2 fully saturated rings. The summed E-state index contributed by atoms with van der Waals surface area (Å²) in [6.07, 6.45) is 3.15. The molecule has 0 aromatic heterocycles. The Kier molecular flexibility index (Phi) is 4.28. The maximum absolute atomic E-state index is 12.2. The molecule has 2 aliphatic heterocycles. The molecule has 2 heterocycles. The molecule has 2 unspecified atom stereocenters. The highest BCUT2D eigenvalue weighted by Gasteiger charge is 2.32. The highest BCUT2D eigenvalue weighted by molar-refractivity contribution is 8.14. The summed E-state index contributed by atoms with van der Waals surface area (Å²) in [7, 11) is 1.85. The monoisotopic (exact) mass is 257 g/mol. The van der Waals surface area contributed by atoms with Crippen molar-refractivity contribution < 1.29 is 9.59 Å². The van der Waals surface area contributed by atoms with Gasteiger partial charge in [0.2, 0.25) is 5.91 Å². The number of hydrogen-bond donors (Lipinski definition) is 2. The van der Waals surface area contributed by atoms with Crippen molar-refractivity contribution in [1.82, 2.24) is 15.5 Å². The first-order valence-corrected chi connectivity index (χ1v) is 7.07. The standard InChI is InChI=1S/C11H19N3O2S/c1-14(8-3-2-5-12-6-4-8)10(15)9-7-17-11(16)13-9/h8-9,12H,2-7H2,1H3,(H,13,16). The Morgan fingerprint density at radius 3 is 2.94 bits per heavy atom. The Hall–Kier alpha value is -0.750. The lowest BCUT2D eigenvalue weighted by Crippen LogP contribution is -2.48. The van der Waals surface area contributed by atoms with Crippen LogP contribution in [0.5, 0.6) is 0 Å². The van der Waals surface area contributed by atoms with E-state index < -0.39 is 0 Å². The van der Waals surface area contributed by atoms with E-state index in [0.29, 0.717) is 11.8 Å². The van der Waals surface area contributed by atoms with Crippen molar-refractivity contribution in [2.45, 2.75) is 31.3 Å². The second-order valence-electron chi connectivity index (χ2n) is 4.58. The number of amides is 2. The van der Waals surface area contributed by atoms with Gasteiger partial charge in [-0.3, -0.25) is 9.59 Å². The first-order valence-electron chi connectivity index (χ1n) is 6.09. The van der Waals surface area contributed by atoms with Gasteiger partial charge >= 0.3 is 0 Å². The first-order chi connectivity index (χ1) is 8.18. The van der Waals surface area contributed by atoms with Crippen LogP contribution in [0.2, 0.25) is 0 Å². The van der Waals surface area contributed by atoms with Gasteiger partial charge in [-0.1, -0.05) is 11.8 Å². The zero-order chi connectivity index (χ0) is 12.3. The molecule has 2 N–H and O–H groups in total. The van der Waals surface area contributed by atoms with Gasteiger partial charge in [-0.05, 0) is 32.4 Å². The molecule has 0 saturated carbocycles. The van der Waals surface area contributed by atoms with Gasteiger partial charge < -0.3 is 15.5 Å². The van der Waals surface area contributed by atoms with Gasteiger partial charge in [-0.2, -0.15) is 0 Å². The van der Waals surface area contributed by atoms with E-state index in [9.17, 15) is 9.59 Å². The summed E-state index contributed by atoms with van der Waals surface area (Å²) < 4.78 is 0. The molecule has 2 aliphatic rings. The van der Waals surface area contributed by atoms with E-state index >= 15 is 0 Å². The average Bonchev–Trinajstić information content (AvgIpc) is 2.60. The summed E-state index contributed by atoms with van der Waals surface area (Å²) in [5, 5.41) is 5.96. The third-order valence-corrected chi connectivity index (χ3v) is 4.29. The van der Waals surface area contributed by atoms with Crippen molar-refractivity contribution in [2.24, 2.45) is 0 Å². The molecule has 2 atom stereocenters. The Morgan fingerprint density at radius 1 is 1.41 bits per heavy atom. The van der Waals surface area contributed by atoms with Gasteiger partial charge in [-0.25, -0.2) is 0 Å². The number of nitrogens with zero attached hydrogens (tertiary/aromatic N) is 1. The van der Waals surface area contributed by atoms with E-state index in [1.165, 1.54) is 11.8 Å². The Bertz CT molecular complexity index is 303. The lowest BCUT2D eigenvalue weighted by atomic mass is 10.1. The number of carbonyl (C=O) groups is 2. The molecule has 5 nitrogen and oxygen atoms in total. The highest BCUT2D eigenvalue weighted by Crippen LogP contribution is 2.18. The SMILES string of the molecule is CN(C(=O)C1CSC(=O)N1)C1CCCNCC1. The van der Waals surface area contributed by atoms with Crippen LogP contribution in [0.3, 0.4) is 0 Å². The van der Waals surface area contributed by atoms with Crippen LogP contribution in [0.1, 0.15) is 19.3 Å². The lowest BCUT2D eigenvalue weighted by molar-refractivity contribution is -0.133. The molecule has 0 aromatic rings. The van der Waals surface area contributed by atoms with Gasteiger partial charge in [0.1, 0.15) is 6.04 Å². The number of nitrogens with one attached hydrogen (secondary N) is 2. The molecule has 0 aliphatic carbocycles. The summed E-state index contributed by atoms with van der Waals surface area (Å²) >= 11 is 1.19. The van der Waals surface area contributed by atoms with E-state index in [2.05, 4.69) is 10.6 Å². The average molecular weight is 257 g/mol. The van der Waals surface area contributed by atoms with Crippen molar-refractivity contribution in [3.63, 3.8) is 0 Å². The minimum absolute atomic E-state index is 0.0512. The lowest BCUT2D eigenvalue weighted by Gasteiger charge is -2.29. The fourth-order valence-electron chi connectivity index (χ4n) is 2.33. The van der Waals surface area contributed by atoms with Crippen LogP contribution in [0.15, 0.2) is 0 Å². The van der Waals surface area contributed by atoms with Crippen molar-refractivity contribution in [3.05, 3.63) is 0 Å². The van der Waals surface area contributed by atoms with E-state index in [1.54, 1.807) is 0 Å². The molecule has 96 valence electrons. The van der Waals surface area contributed by atoms with Gasteiger partial charge in [0.25, 0.3) is 5.24 Å². The zero-order valence-electron chi connectivity index (χ0n) is 10.1. The molecule has 17 heavy (non-hydrogen) atoms. The fraction of sp³-hybridized carbons (Fsp3) is 0.818. The summed E-state index contributed by atoms with van der Waals surface area (Å²) in [4.78, 5) is 25.1. The third kappa shape index (κ3) is 3.13. The fourth-order valence-corrected chi connectivity index (χ4v) is 3.10. The van der Waals surface area contributed by atoms with Crippen LogP contribution in [-0.4, -0.2) is 54.0 Å². The van der Waals surface area contributed by atoms with E-state index in [4.69, 9.17) is 0 Å². The van der Waals surface area contributed by atoms with Crippen LogP contribution < -0.4 is 10.6 Å². The Morgan fingerprint density at radius 2 is 2.24 bits per heavy atom. The van der Waals surface area contributed by atoms with Crippen LogP contribution >= 0.6 is 11.8 Å². The normalized spacial score (nSPS) is 29.6. The number of rotatable bonds is 2. The Labute approximate surface area is 106 Å². The Balaban J connectivity index is 1.91. The predicted octanol–water partition coefficient (Wildman–Crippen LogP) is 0.412. The third-order valence-electron chi connectivity index (χ3n) is 3.41. The van der Waals surface area contributed by atoms with Gasteiger partial charge in [0, 0.05) is 18.8 Å². The topological polar surface area (TPSA) is 61.4 Å². The number of thioether (sulfide) groups is 1. The second kappa shape index (κ2) is 5.73. The maximum atomic E-state index is 12.2. The quantitative estimate of drug-likeness (QED) is 0.752. The van der Waals surface area contributed by atoms with Crippen LogP contribution in [0.25, 0.3) is 0 Å². The molecule has 6 heteroatoms. The van der Waals surface area contributed by atoms with E-state index in [-0.39, 0.29) is 17.2 Å². The second-order valence-corrected chi connectivity index (χ2v) is 5.57. The van der Waals surface area contributed by atoms with E-state index in [1.807, 2.05) is 11.9 Å². The number of likely N-dealkylation sites (N-methyl/N-ethyl adjacent to an activating group) is 1. The van der Waals surface area contributed by atoms with Crippen LogP contribution in [0, 0.1) is 0 Å². The molecular weight excluding hydrogens is 238 g/mol. The molecule has 2 saturated heterocycles. The smallest absolute Gasteiger partial charge is 0.279 e. The summed E-state index contributed by atoms with van der Waals surface area (Å²) in [5.41, 5.74) is 0. The predicted molar refractivity (Wildman–Crippen MR) is 68.1 cm³/mol. The van der Waals surface area contributed by atoms with Crippen molar-refractivity contribution in [1.29, 1.82) is 0 Å². The molecule has 0 bridgehead atoms. The zero-order valence-corrected chi connectivity index (χ0v) is 10.9. The van der Waals surface area contributed by atoms with Crippen molar-refractivity contribution >= 4 is 22.9 Å². The van der Waals surface area contributed by atoms with Crippen molar-refractivity contribution in [2.75, 3.05) is 25.9 Å². The summed E-state index contributed by atoms with van der Waals surface area (Å²) in [5.74, 6) is 0.614. The molecule has 0 aromatic carbocycles. The van der Waals surface area contributed by atoms with Crippen LogP contribution in [-0.2, 0) is 4.79 Å². The van der Waals surface area contributed by atoms with Crippen molar-refractivity contribution in [3.8, 4) is 0 Å². The van der Waals surface area contributed by atoms with Gasteiger partial charge in [-0.15, -0.1) is 0 Å². The minimum Gasteiger partial charge on any atom is -0.341 e. The van der Waals surface area contributed by atoms with Crippen LogP contribution in [0.4, 0.5) is 4.79 Å². The molecule has 0 radical (unpaired) electrons. The number of hydrogen-bond acceptors (Lipinski definition) is 4. The molecule has 2 rings (SSSR count). The maximum Gasteiger partial charge on any atom is 0.279 e. The van der Waals surface area contributed by atoms with Gasteiger partial charge in [0.05, 0.1) is 0 Å². The molecular formula is C11H19N3O2S. The van der Waals surface area contributed by atoms with E-state index in [0.717, 1.165) is 32.4 Å². The number of carbonyl (C=O) groups excluding carboxylic acids is 2. The minimum atomic E-state index is -0.325. The summed E-state index contributed by atoms with van der Waals surface area (Å²) in [6, 6.07) is -0.0197. The first kappa shape index (κ1) is 12.7. The highest BCUT2D eigenvalue weighted by atomic mass is 32.2. The largest absolute Gasteiger partial charge is 0.341 e. The van der Waals surface area contributed by atoms with Gasteiger partial charge in [0.15, 0.2) is 0 Å². The molecule has 0 spiro atoms.